The molecule has 0 aliphatic rings. The normalized spacial score (nSPS) is 15.4. The van der Waals surface area contributed by atoms with Gasteiger partial charge in [-0.15, -0.1) is 0 Å². The van der Waals surface area contributed by atoms with Crippen molar-refractivity contribution in [3.63, 3.8) is 0 Å². The number of esters is 1. The lowest BCUT2D eigenvalue weighted by molar-refractivity contribution is -0.691. The number of rotatable bonds is 8. The summed E-state index contributed by atoms with van der Waals surface area (Å²) in [6.45, 7) is 0.719. The molecular weight excluding hydrogens is 276 g/mol. The summed E-state index contributed by atoms with van der Waals surface area (Å²) >= 11 is 4.80. The van der Waals surface area contributed by atoms with Crippen molar-refractivity contribution in [1.82, 2.24) is 0 Å². The molecule has 0 aliphatic carbocycles. The lowest BCUT2D eigenvalue weighted by Gasteiger charge is -2.27. The molecule has 0 radical (unpaired) electrons. The summed E-state index contributed by atoms with van der Waals surface area (Å²) < 4.78 is 4.71. The molecule has 0 heterocycles. The fraction of sp³-hybridized carbons (Fsp3) is 0.700. The minimum atomic E-state index is -1.19. The third kappa shape index (κ3) is 6.53. The van der Waals surface area contributed by atoms with E-state index in [1.54, 1.807) is 0 Å². The fourth-order valence-corrected chi connectivity index (χ4v) is 1.46. The van der Waals surface area contributed by atoms with Gasteiger partial charge in [0.25, 0.3) is 5.91 Å². The Labute approximate surface area is 116 Å². The number of aliphatic hydroxyl groups is 1. The van der Waals surface area contributed by atoms with E-state index in [2.05, 4.69) is 0 Å². The zero-order valence-electron chi connectivity index (χ0n) is 10.5. The fourth-order valence-electron chi connectivity index (χ4n) is 1.24. The van der Waals surface area contributed by atoms with Gasteiger partial charge >= 0.3 is 11.9 Å². The van der Waals surface area contributed by atoms with Crippen LogP contribution in [0.3, 0.4) is 0 Å². The number of aliphatic carboxylic acids is 1. The second-order valence-electron chi connectivity index (χ2n) is 3.89. The first-order valence-corrected chi connectivity index (χ1v) is 6.02. The van der Waals surface area contributed by atoms with Crippen LogP contribution in [0.15, 0.2) is 0 Å². The number of quaternary nitrogens is 1. The highest BCUT2D eigenvalue weighted by Gasteiger charge is 2.27. The number of hydrogen-bond acceptors (Lipinski definition) is 7. The molecule has 0 aromatic rings. The van der Waals surface area contributed by atoms with Crippen molar-refractivity contribution >= 4 is 30.7 Å². The zero-order chi connectivity index (χ0) is 15.0. The topological polar surface area (TPSA) is 131 Å². The van der Waals surface area contributed by atoms with E-state index >= 15 is 0 Å². The van der Waals surface area contributed by atoms with Crippen LogP contribution in [-0.4, -0.2) is 53.4 Å². The summed E-state index contributed by atoms with van der Waals surface area (Å²) in [6.07, 6.45) is -0.0536. The van der Waals surface area contributed by atoms with E-state index in [0.29, 0.717) is 0 Å². The Hall–Kier alpha value is -1.16. The Kier molecular flexibility index (Phi) is 8.32. The number of ether oxygens (including phenoxy) is 1. The van der Waals surface area contributed by atoms with Gasteiger partial charge in [0.1, 0.15) is 6.04 Å². The minimum Gasteiger partial charge on any atom is -0.486 e. The number of carbonyl (C=O) groups is 3. The molecule has 0 aromatic heterocycles. The first kappa shape index (κ1) is 17.8. The quantitative estimate of drug-likeness (QED) is 0.275. The number of nitrogens with one attached hydrogen (secondary N) is 1. The molecule has 0 spiro atoms. The van der Waals surface area contributed by atoms with Gasteiger partial charge < -0.3 is 37.8 Å². The molecule has 19 heavy (non-hydrogen) atoms. The van der Waals surface area contributed by atoms with Gasteiger partial charge in [-0.3, -0.25) is 4.79 Å². The number of carboxylic acids is 1. The molecule has 8 nitrogen and oxygen atoms in total. The maximum atomic E-state index is 11.7. The van der Waals surface area contributed by atoms with Gasteiger partial charge in [-0.1, -0.05) is 0 Å². The largest absolute Gasteiger partial charge is 0.486 e. The molecule has 3 atom stereocenters. The van der Waals surface area contributed by atoms with E-state index in [1.807, 2.05) is 0 Å². The van der Waals surface area contributed by atoms with E-state index in [9.17, 15) is 14.4 Å². The third-order valence-electron chi connectivity index (χ3n) is 2.36. The van der Waals surface area contributed by atoms with E-state index in [-0.39, 0.29) is 30.4 Å². The van der Waals surface area contributed by atoms with Crippen LogP contribution in [0.25, 0.3) is 0 Å². The Bertz CT molecular complexity index is 338. The number of hydrogen-bond donors (Lipinski definition) is 4. The Morgan fingerprint density at radius 1 is 1.37 bits per heavy atom. The average molecular weight is 294 g/mol. The van der Waals surface area contributed by atoms with Crippen molar-refractivity contribution in [2.75, 3.05) is 13.2 Å². The van der Waals surface area contributed by atoms with Crippen molar-refractivity contribution in [3.05, 3.63) is 0 Å². The molecule has 1 amide bonds. The van der Waals surface area contributed by atoms with Crippen LogP contribution in [-0.2, 0) is 31.9 Å². The Morgan fingerprint density at radius 2 is 1.95 bits per heavy atom. The predicted octanol–water partition coefficient (Wildman–Crippen LogP) is -3.02. The number of carboxylic acid groups (broad SMARTS) is 1. The average Bonchev–Trinajstić information content (AvgIpc) is 2.34. The van der Waals surface area contributed by atoms with E-state index in [0.717, 1.165) is 0 Å². The molecule has 0 rings (SSSR count). The Balaban J connectivity index is 4.34. The summed E-state index contributed by atoms with van der Waals surface area (Å²) in [4.78, 5) is 33.2. The van der Waals surface area contributed by atoms with Crippen LogP contribution in [0, 0.1) is 0 Å². The van der Waals surface area contributed by atoms with Crippen LogP contribution < -0.4 is 10.0 Å². The van der Waals surface area contributed by atoms with Gasteiger partial charge in [0, 0.05) is 19.4 Å². The van der Waals surface area contributed by atoms with Gasteiger partial charge in [0.05, 0.1) is 13.5 Å². The lowest BCUT2D eigenvalue weighted by atomic mass is 10.2. The second kappa shape index (κ2) is 8.86. The molecule has 0 bridgehead atoms. The highest BCUT2D eigenvalue weighted by Crippen LogP contribution is 1.95. The summed E-state index contributed by atoms with van der Waals surface area (Å²) in [6, 6.07) is -2.11. The van der Waals surface area contributed by atoms with Crippen molar-refractivity contribution in [2.24, 2.45) is 5.73 Å². The predicted molar refractivity (Wildman–Crippen MR) is 65.7 cm³/mol. The van der Waals surface area contributed by atoms with E-state index < -0.39 is 29.9 Å². The maximum Gasteiger partial charge on any atom is 0.364 e. The number of amides is 1. The highest BCUT2D eigenvalue weighted by atomic mass is 32.1. The smallest absolute Gasteiger partial charge is 0.364 e. The third-order valence-corrected chi connectivity index (χ3v) is 2.93. The van der Waals surface area contributed by atoms with Crippen molar-refractivity contribution in [3.8, 4) is 0 Å². The van der Waals surface area contributed by atoms with Crippen LogP contribution in [0.1, 0.15) is 19.8 Å². The molecular formula is C10H18N2O6S. The molecule has 9 heteroatoms. The number of nitrogens with two attached hydrogens (primary N) is 1. The van der Waals surface area contributed by atoms with Crippen LogP contribution >= 0.6 is 0 Å². The summed E-state index contributed by atoms with van der Waals surface area (Å²) in [7, 11) is 0. The Morgan fingerprint density at radius 3 is 2.37 bits per heavy atom. The van der Waals surface area contributed by atoms with Crippen molar-refractivity contribution in [2.45, 2.75) is 31.8 Å². The first-order chi connectivity index (χ1) is 8.81. The van der Waals surface area contributed by atoms with Crippen LogP contribution in [0.2, 0.25) is 0 Å². The van der Waals surface area contributed by atoms with E-state index in [4.69, 9.17) is 33.5 Å². The summed E-state index contributed by atoms with van der Waals surface area (Å²) in [5.74, 6) is -2.39. The number of aliphatic hydroxyl groups excluding tert-OH is 1. The van der Waals surface area contributed by atoms with E-state index in [1.165, 1.54) is 6.92 Å². The monoisotopic (exact) mass is 294 g/mol. The van der Waals surface area contributed by atoms with Gasteiger partial charge in [-0.25, -0.2) is 9.59 Å². The molecule has 110 valence electrons. The molecule has 0 saturated carbocycles. The zero-order valence-corrected chi connectivity index (χ0v) is 11.3. The van der Waals surface area contributed by atoms with Gasteiger partial charge in [0.2, 0.25) is 0 Å². The molecule has 0 fully saturated rings. The number of carbonyl (C=O) groups excluding carboxylic acids is 2. The molecule has 5 N–H and O–H groups in total. The summed E-state index contributed by atoms with van der Waals surface area (Å²) in [5.41, 5.74) is 5.23. The van der Waals surface area contributed by atoms with Crippen molar-refractivity contribution < 1.29 is 33.6 Å². The molecule has 1 unspecified atom stereocenters. The van der Waals surface area contributed by atoms with Gasteiger partial charge in [-0.05, 0) is 0 Å². The molecule has 0 aromatic carbocycles. The van der Waals surface area contributed by atoms with Crippen molar-refractivity contribution in [1.29, 1.82) is 0 Å². The first-order valence-electron chi connectivity index (χ1n) is 5.61. The standard InChI is InChI=1S/C10H18N2O6S/c1-6(14)12(19)8(2-4-13)10(17)18-5-3-7(11)9(15)16/h7-8,12-13H,2-5,11H2,1H3,(H,15,16)/t7-,8-/m0/s1. The maximum absolute atomic E-state index is 11.7. The highest BCUT2D eigenvalue weighted by molar-refractivity contribution is 7.51. The summed E-state index contributed by atoms with van der Waals surface area (Å²) in [5, 5.41) is 17.4. The minimum absolute atomic E-state index is 0.0117. The lowest BCUT2D eigenvalue weighted by Crippen LogP contribution is -3.15. The van der Waals surface area contributed by atoms with Gasteiger partial charge in [0.15, 0.2) is 6.04 Å². The van der Waals surface area contributed by atoms with Crippen LogP contribution in [0.5, 0.6) is 0 Å². The van der Waals surface area contributed by atoms with Crippen LogP contribution in [0.4, 0.5) is 0 Å². The molecule has 0 aliphatic heterocycles. The second-order valence-corrected chi connectivity index (χ2v) is 4.33. The van der Waals surface area contributed by atoms with Gasteiger partial charge in [-0.2, -0.15) is 0 Å². The SMILES string of the molecule is CC(=O)[NH+]([S-])[C@@H](CCO)C(=O)OCC[C@H](N)C(=O)O. The molecule has 0 saturated heterocycles.